The Bertz CT molecular complexity index is 781. The molecule has 2 aromatic rings. The number of nitrogens with one attached hydrogen (secondary N) is 1. The lowest BCUT2D eigenvalue weighted by molar-refractivity contribution is -0.122. The third kappa shape index (κ3) is 3.04. The van der Waals surface area contributed by atoms with Gasteiger partial charge in [0.1, 0.15) is 0 Å². The van der Waals surface area contributed by atoms with E-state index in [1.807, 2.05) is 30.3 Å². The molecule has 1 aliphatic heterocycles. The second kappa shape index (κ2) is 6.11. The van der Waals surface area contributed by atoms with Crippen molar-refractivity contribution in [2.24, 2.45) is 0 Å². The molecule has 122 valence electrons. The number of hydrogen-bond donors (Lipinski definition) is 1. The van der Waals surface area contributed by atoms with Gasteiger partial charge in [0.05, 0.1) is 6.54 Å². The average Bonchev–Trinajstić information content (AvgIpc) is 3.42. The standard InChI is InChI=1S/C20H20N2O2/c23-19(21-17-7-8-17)13-22-11-10-16-12-15(6-9-18(16)20(22)24)14-4-2-1-3-5-14/h1-6,9,12,17H,7-8,10-11,13H2,(H,21,23). The Kier molecular flexibility index (Phi) is 3.81. The van der Waals surface area contributed by atoms with Crippen LogP contribution in [0, 0.1) is 0 Å². The van der Waals surface area contributed by atoms with Crippen molar-refractivity contribution >= 4 is 11.8 Å². The van der Waals surface area contributed by atoms with Crippen LogP contribution >= 0.6 is 0 Å². The molecule has 0 bridgehead atoms. The van der Waals surface area contributed by atoms with E-state index in [1.54, 1.807) is 4.90 Å². The lowest BCUT2D eigenvalue weighted by Crippen LogP contribution is -2.44. The molecule has 0 saturated heterocycles. The molecule has 1 fully saturated rings. The number of carbonyl (C=O) groups excluding carboxylic acids is 2. The summed E-state index contributed by atoms with van der Waals surface area (Å²) in [6.07, 6.45) is 2.91. The minimum Gasteiger partial charge on any atom is -0.352 e. The maximum atomic E-state index is 12.6. The molecule has 1 N–H and O–H groups in total. The molecule has 0 unspecified atom stereocenters. The first-order valence-electron chi connectivity index (χ1n) is 8.48. The fourth-order valence-corrected chi connectivity index (χ4v) is 3.17. The van der Waals surface area contributed by atoms with Crippen LogP contribution in [0.5, 0.6) is 0 Å². The number of fused-ring (bicyclic) bond motifs is 1. The highest BCUT2D eigenvalue weighted by Crippen LogP contribution is 2.26. The van der Waals surface area contributed by atoms with Gasteiger partial charge in [0.2, 0.25) is 5.91 Å². The second-order valence-electron chi connectivity index (χ2n) is 6.56. The fourth-order valence-electron chi connectivity index (χ4n) is 3.17. The van der Waals surface area contributed by atoms with E-state index >= 15 is 0 Å². The Morgan fingerprint density at radius 3 is 2.62 bits per heavy atom. The zero-order valence-corrected chi connectivity index (χ0v) is 13.5. The highest BCUT2D eigenvalue weighted by molar-refractivity contribution is 5.99. The highest BCUT2D eigenvalue weighted by atomic mass is 16.2. The van der Waals surface area contributed by atoms with Gasteiger partial charge in [0, 0.05) is 18.2 Å². The van der Waals surface area contributed by atoms with Gasteiger partial charge < -0.3 is 10.2 Å². The fraction of sp³-hybridized carbons (Fsp3) is 0.300. The number of amides is 2. The molecule has 2 amide bonds. The maximum absolute atomic E-state index is 12.6. The quantitative estimate of drug-likeness (QED) is 0.941. The van der Waals surface area contributed by atoms with Crippen molar-refractivity contribution in [2.75, 3.05) is 13.1 Å². The third-order valence-electron chi connectivity index (χ3n) is 4.66. The van der Waals surface area contributed by atoms with Gasteiger partial charge >= 0.3 is 0 Å². The Balaban J connectivity index is 1.51. The van der Waals surface area contributed by atoms with E-state index in [4.69, 9.17) is 0 Å². The normalized spacial score (nSPS) is 16.7. The lowest BCUT2D eigenvalue weighted by Gasteiger charge is -2.28. The predicted octanol–water partition coefficient (Wildman–Crippen LogP) is 2.63. The maximum Gasteiger partial charge on any atom is 0.254 e. The van der Waals surface area contributed by atoms with Crippen LogP contribution in [0.2, 0.25) is 0 Å². The summed E-state index contributed by atoms with van der Waals surface area (Å²) in [7, 11) is 0. The van der Waals surface area contributed by atoms with Crippen molar-refractivity contribution in [3.8, 4) is 11.1 Å². The van der Waals surface area contributed by atoms with Gasteiger partial charge in [-0.05, 0) is 42.0 Å². The highest BCUT2D eigenvalue weighted by Gasteiger charge is 2.28. The zero-order chi connectivity index (χ0) is 16.5. The third-order valence-corrected chi connectivity index (χ3v) is 4.66. The van der Waals surface area contributed by atoms with Crippen LogP contribution in [0.15, 0.2) is 48.5 Å². The van der Waals surface area contributed by atoms with Gasteiger partial charge in [-0.2, -0.15) is 0 Å². The van der Waals surface area contributed by atoms with Crippen LogP contribution in [0.3, 0.4) is 0 Å². The van der Waals surface area contributed by atoms with E-state index in [-0.39, 0.29) is 18.4 Å². The smallest absolute Gasteiger partial charge is 0.254 e. The summed E-state index contributed by atoms with van der Waals surface area (Å²) in [5, 5.41) is 2.94. The first-order chi connectivity index (χ1) is 11.7. The Hall–Kier alpha value is -2.62. The summed E-state index contributed by atoms with van der Waals surface area (Å²) in [4.78, 5) is 26.3. The molecule has 1 aliphatic carbocycles. The molecule has 2 aromatic carbocycles. The summed E-state index contributed by atoms with van der Waals surface area (Å²) < 4.78 is 0. The summed E-state index contributed by atoms with van der Waals surface area (Å²) in [6.45, 7) is 0.761. The molecule has 1 saturated carbocycles. The van der Waals surface area contributed by atoms with Crippen molar-refractivity contribution in [1.82, 2.24) is 10.2 Å². The molecule has 4 heteroatoms. The van der Waals surface area contributed by atoms with Gasteiger partial charge in [0.25, 0.3) is 5.91 Å². The minimum atomic E-state index is -0.0461. The van der Waals surface area contributed by atoms with Crippen molar-refractivity contribution < 1.29 is 9.59 Å². The second-order valence-corrected chi connectivity index (χ2v) is 6.56. The van der Waals surface area contributed by atoms with Gasteiger partial charge in [-0.15, -0.1) is 0 Å². The summed E-state index contributed by atoms with van der Waals surface area (Å²) in [6, 6.07) is 16.5. The predicted molar refractivity (Wildman–Crippen MR) is 92.7 cm³/mol. The molecule has 4 rings (SSSR count). The number of nitrogens with zero attached hydrogens (tertiary/aromatic N) is 1. The number of hydrogen-bond acceptors (Lipinski definition) is 2. The van der Waals surface area contributed by atoms with Crippen LogP contribution in [-0.4, -0.2) is 35.8 Å². The average molecular weight is 320 g/mol. The van der Waals surface area contributed by atoms with Crippen LogP contribution in [0.25, 0.3) is 11.1 Å². The van der Waals surface area contributed by atoms with Crippen LogP contribution in [-0.2, 0) is 11.2 Å². The monoisotopic (exact) mass is 320 g/mol. The van der Waals surface area contributed by atoms with E-state index in [0.717, 1.165) is 41.5 Å². The Morgan fingerprint density at radius 2 is 1.88 bits per heavy atom. The van der Waals surface area contributed by atoms with E-state index in [1.165, 1.54) is 0 Å². The van der Waals surface area contributed by atoms with Gasteiger partial charge in [-0.25, -0.2) is 0 Å². The van der Waals surface area contributed by atoms with Crippen molar-refractivity contribution in [3.63, 3.8) is 0 Å². The number of benzene rings is 2. The Labute approximate surface area is 141 Å². The first-order valence-corrected chi connectivity index (χ1v) is 8.48. The zero-order valence-electron chi connectivity index (χ0n) is 13.5. The topological polar surface area (TPSA) is 49.4 Å². The molecule has 2 aliphatic rings. The van der Waals surface area contributed by atoms with Crippen molar-refractivity contribution in [1.29, 1.82) is 0 Å². The molecular weight excluding hydrogens is 300 g/mol. The lowest BCUT2D eigenvalue weighted by atomic mass is 9.94. The van der Waals surface area contributed by atoms with E-state index in [9.17, 15) is 9.59 Å². The molecule has 4 nitrogen and oxygen atoms in total. The molecular formula is C20H20N2O2. The van der Waals surface area contributed by atoms with Crippen LogP contribution in [0.1, 0.15) is 28.8 Å². The number of carbonyl (C=O) groups is 2. The SMILES string of the molecule is O=C(CN1CCc2cc(-c3ccccc3)ccc2C1=O)NC1CC1. The molecule has 24 heavy (non-hydrogen) atoms. The summed E-state index contributed by atoms with van der Waals surface area (Å²) in [5.41, 5.74) is 4.07. The summed E-state index contributed by atoms with van der Waals surface area (Å²) >= 11 is 0. The molecule has 0 spiro atoms. The molecule has 0 aromatic heterocycles. The van der Waals surface area contributed by atoms with Crippen molar-refractivity contribution in [2.45, 2.75) is 25.3 Å². The largest absolute Gasteiger partial charge is 0.352 e. The molecule has 0 atom stereocenters. The first kappa shape index (κ1) is 14.9. The van der Waals surface area contributed by atoms with E-state index in [2.05, 4.69) is 23.5 Å². The van der Waals surface area contributed by atoms with E-state index < -0.39 is 0 Å². The van der Waals surface area contributed by atoms with Crippen molar-refractivity contribution in [3.05, 3.63) is 59.7 Å². The van der Waals surface area contributed by atoms with Gasteiger partial charge in [-0.1, -0.05) is 42.5 Å². The van der Waals surface area contributed by atoms with Crippen LogP contribution in [0.4, 0.5) is 0 Å². The summed E-state index contributed by atoms with van der Waals surface area (Å²) in [5.74, 6) is -0.0861. The molecule has 1 heterocycles. The molecule has 0 radical (unpaired) electrons. The minimum absolute atomic E-state index is 0.0400. The van der Waals surface area contributed by atoms with Gasteiger partial charge in [0.15, 0.2) is 0 Å². The Morgan fingerprint density at radius 1 is 1.08 bits per heavy atom. The van der Waals surface area contributed by atoms with Crippen LogP contribution < -0.4 is 5.32 Å². The van der Waals surface area contributed by atoms with E-state index in [0.29, 0.717) is 12.6 Å². The van der Waals surface area contributed by atoms with Gasteiger partial charge in [-0.3, -0.25) is 9.59 Å². The number of rotatable bonds is 4.